The van der Waals surface area contributed by atoms with Crippen molar-refractivity contribution in [2.75, 3.05) is 11.6 Å². The minimum Gasteiger partial charge on any atom is -0.398 e. The zero-order chi connectivity index (χ0) is 14.9. The molecule has 3 nitrogen and oxygen atoms in total. The van der Waals surface area contributed by atoms with E-state index in [0.717, 1.165) is 33.5 Å². The summed E-state index contributed by atoms with van der Waals surface area (Å²) >= 11 is 11.9. The van der Waals surface area contributed by atoms with Crippen LogP contribution < -0.4 is 5.73 Å². The molecular formula is C15H17Cl2N3. The lowest BCUT2D eigenvalue weighted by atomic mass is 9.97. The van der Waals surface area contributed by atoms with E-state index in [0.29, 0.717) is 23.3 Å². The Balaban J connectivity index is 2.58. The molecule has 2 N–H and O–H groups in total. The maximum absolute atomic E-state index is 6.19. The molecule has 0 aliphatic carbocycles. The van der Waals surface area contributed by atoms with Gasteiger partial charge < -0.3 is 5.73 Å². The van der Waals surface area contributed by atoms with Crippen molar-refractivity contribution in [3.63, 3.8) is 0 Å². The summed E-state index contributed by atoms with van der Waals surface area (Å²) in [6.45, 7) is 6.00. The van der Waals surface area contributed by atoms with Gasteiger partial charge in [0.05, 0.1) is 0 Å². The molecular weight excluding hydrogens is 293 g/mol. The lowest BCUT2D eigenvalue weighted by Crippen LogP contribution is -2.02. The second-order valence-electron chi connectivity index (χ2n) is 4.87. The highest BCUT2D eigenvalue weighted by atomic mass is 35.5. The van der Waals surface area contributed by atoms with E-state index in [2.05, 4.69) is 9.97 Å². The Morgan fingerprint density at radius 2 is 1.90 bits per heavy atom. The van der Waals surface area contributed by atoms with E-state index >= 15 is 0 Å². The standard InChI is InChI=1S/C15H17Cl2N3/c1-8-6-9(2)13(18)10(3)12(8)15-19-7-11(4-5-16)14(17)20-15/h6-7H,4-5,18H2,1-3H3. The van der Waals surface area contributed by atoms with Crippen molar-refractivity contribution in [1.29, 1.82) is 0 Å². The van der Waals surface area contributed by atoms with Crippen molar-refractivity contribution in [1.82, 2.24) is 9.97 Å². The zero-order valence-electron chi connectivity index (χ0n) is 11.8. The number of nitrogens with zero attached hydrogens (tertiary/aromatic N) is 2. The third-order valence-corrected chi connectivity index (χ3v) is 3.95. The highest BCUT2D eigenvalue weighted by molar-refractivity contribution is 6.30. The summed E-state index contributed by atoms with van der Waals surface area (Å²) in [4.78, 5) is 8.81. The van der Waals surface area contributed by atoms with E-state index in [4.69, 9.17) is 28.9 Å². The van der Waals surface area contributed by atoms with Crippen molar-refractivity contribution in [3.8, 4) is 11.4 Å². The molecule has 0 bridgehead atoms. The number of aryl methyl sites for hydroxylation is 3. The molecule has 20 heavy (non-hydrogen) atoms. The molecule has 0 amide bonds. The van der Waals surface area contributed by atoms with Gasteiger partial charge >= 0.3 is 0 Å². The Morgan fingerprint density at radius 3 is 2.50 bits per heavy atom. The van der Waals surface area contributed by atoms with Crippen LogP contribution in [0, 0.1) is 20.8 Å². The zero-order valence-corrected chi connectivity index (χ0v) is 13.3. The van der Waals surface area contributed by atoms with Gasteiger partial charge in [-0.15, -0.1) is 11.6 Å². The molecule has 0 atom stereocenters. The number of nitrogen functional groups attached to an aromatic ring is 1. The molecule has 5 heteroatoms. The quantitative estimate of drug-likeness (QED) is 0.528. The molecule has 0 saturated carbocycles. The minimum absolute atomic E-state index is 0.452. The van der Waals surface area contributed by atoms with E-state index in [-0.39, 0.29) is 0 Å². The maximum Gasteiger partial charge on any atom is 0.161 e. The molecule has 106 valence electrons. The van der Waals surface area contributed by atoms with Gasteiger partial charge in [0.25, 0.3) is 0 Å². The van der Waals surface area contributed by atoms with E-state index < -0.39 is 0 Å². The average molecular weight is 310 g/mol. The summed E-state index contributed by atoms with van der Waals surface area (Å²) in [6.07, 6.45) is 2.40. The number of hydrogen-bond acceptors (Lipinski definition) is 3. The summed E-state index contributed by atoms with van der Waals surface area (Å²) in [5.74, 6) is 1.10. The molecule has 1 aromatic heterocycles. The molecule has 2 rings (SSSR count). The summed E-state index contributed by atoms with van der Waals surface area (Å²) in [5, 5.41) is 0.452. The largest absolute Gasteiger partial charge is 0.398 e. The SMILES string of the molecule is Cc1cc(C)c(-c2ncc(CCCl)c(Cl)n2)c(C)c1N. The fourth-order valence-electron chi connectivity index (χ4n) is 2.32. The van der Waals surface area contributed by atoms with Gasteiger partial charge in [-0.3, -0.25) is 0 Å². The van der Waals surface area contributed by atoms with E-state index in [1.165, 1.54) is 0 Å². The van der Waals surface area contributed by atoms with Crippen molar-refractivity contribution >= 4 is 28.9 Å². The number of alkyl halides is 1. The average Bonchev–Trinajstić information content (AvgIpc) is 2.39. The number of benzene rings is 1. The molecule has 0 spiro atoms. The number of halogens is 2. The van der Waals surface area contributed by atoms with Gasteiger partial charge in [-0.1, -0.05) is 17.7 Å². The number of hydrogen-bond donors (Lipinski definition) is 1. The summed E-state index contributed by atoms with van der Waals surface area (Å²) < 4.78 is 0. The Morgan fingerprint density at radius 1 is 1.20 bits per heavy atom. The minimum atomic E-state index is 0.452. The van der Waals surface area contributed by atoms with Crippen LogP contribution in [0.5, 0.6) is 0 Å². The molecule has 1 aromatic carbocycles. The van der Waals surface area contributed by atoms with Crippen LogP contribution in [0.1, 0.15) is 22.3 Å². The highest BCUT2D eigenvalue weighted by Crippen LogP contribution is 2.31. The van der Waals surface area contributed by atoms with Crippen LogP contribution in [-0.4, -0.2) is 15.8 Å². The first-order valence-electron chi connectivity index (χ1n) is 6.39. The van der Waals surface area contributed by atoms with Gasteiger partial charge in [-0.05, 0) is 43.9 Å². The summed E-state index contributed by atoms with van der Waals surface area (Å²) in [6, 6.07) is 2.04. The van der Waals surface area contributed by atoms with Crippen molar-refractivity contribution in [3.05, 3.63) is 39.7 Å². The van der Waals surface area contributed by atoms with E-state index in [9.17, 15) is 0 Å². The molecule has 1 heterocycles. The first-order valence-corrected chi connectivity index (χ1v) is 7.31. The van der Waals surface area contributed by atoms with Gasteiger partial charge in [0.2, 0.25) is 0 Å². The predicted octanol–water partition coefficient (Wildman–Crippen LogP) is 4.09. The molecule has 0 aliphatic heterocycles. The first-order chi connectivity index (χ1) is 9.45. The Hall–Kier alpha value is -1.32. The first kappa shape index (κ1) is 15.1. The monoisotopic (exact) mass is 309 g/mol. The molecule has 0 aliphatic rings. The maximum atomic E-state index is 6.19. The second kappa shape index (κ2) is 5.98. The highest BCUT2D eigenvalue weighted by Gasteiger charge is 2.14. The third kappa shape index (κ3) is 2.74. The normalized spacial score (nSPS) is 10.8. The Bertz CT molecular complexity index is 654. The fourth-order valence-corrected chi connectivity index (χ4v) is 2.75. The molecule has 0 saturated heterocycles. The number of rotatable bonds is 3. The van der Waals surface area contributed by atoms with E-state index in [1.54, 1.807) is 6.20 Å². The van der Waals surface area contributed by atoms with Crippen molar-refractivity contribution < 1.29 is 0 Å². The summed E-state index contributed by atoms with van der Waals surface area (Å²) in [7, 11) is 0. The predicted molar refractivity (Wildman–Crippen MR) is 85.5 cm³/mol. The van der Waals surface area contributed by atoms with Crippen molar-refractivity contribution in [2.24, 2.45) is 0 Å². The number of anilines is 1. The van der Waals surface area contributed by atoms with Crippen molar-refractivity contribution in [2.45, 2.75) is 27.2 Å². The lowest BCUT2D eigenvalue weighted by molar-refractivity contribution is 1.05. The number of aromatic nitrogens is 2. The van der Waals surface area contributed by atoms with Crippen LogP contribution >= 0.6 is 23.2 Å². The van der Waals surface area contributed by atoms with Gasteiger partial charge in [0, 0.05) is 28.9 Å². The Kier molecular flexibility index (Phi) is 4.51. The lowest BCUT2D eigenvalue weighted by Gasteiger charge is -2.14. The topological polar surface area (TPSA) is 51.8 Å². The second-order valence-corrected chi connectivity index (χ2v) is 5.61. The van der Waals surface area contributed by atoms with Crippen LogP contribution in [0.15, 0.2) is 12.3 Å². The fraction of sp³-hybridized carbons (Fsp3) is 0.333. The van der Waals surface area contributed by atoms with E-state index in [1.807, 2.05) is 26.8 Å². The van der Waals surface area contributed by atoms with Crippen LogP contribution in [-0.2, 0) is 6.42 Å². The van der Waals surface area contributed by atoms with Gasteiger partial charge in [-0.25, -0.2) is 9.97 Å². The van der Waals surface area contributed by atoms with Gasteiger partial charge in [0.1, 0.15) is 5.15 Å². The van der Waals surface area contributed by atoms with Crippen LogP contribution in [0.25, 0.3) is 11.4 Å². The summed E-state index contributed by atoms with van der Waals surface area (Å²) in [5.41, 5.74) is 11.8. The molecule has 0 fully saturated rings. The number of nitrogens with two attached hydrogens (primary N) is 1. The van der Waals surface area contributed by atoms with Gasteiger partial charge in [0.15, 0.2) is 5.82 Å². The smallest absolute Gasteiger partial charge is 0.161 e. The molecule has 0 unspecified atom stereocenters. The van der Waals surface area contributed by atoms with Crippen LogP contribution in [0.2, 0.25) is 5.15 Å². The van der Waals surface area contributed by atoms with Crippen LogP contribution in [0.3, 0.4) is 0 Å². The van der Waals surface area contributed by atoms with Gasteiger partial charge in [-0.2, -0.15) is 0 Å². The van der Waals surface area contributed by atoms with Crippen LogP contribution in [0.4, 0.5) is 5.69 Å². The third-order valence-electron chi connectivity index (χ3n) is 3.43. The Labute approximate surface area is 129 Å². The molecule has 0 radical (unpaired) electrons. The molecule has 2 aromatic rings.